The Morgan fingerprint density at radius 3 is 2.88 bits per heavy atom. The van der Waals surface area contributed by atoms with Gasteiger partial charge in [-0.15, -0.1) is 0 Å². The fraction of sp³-hybridized carbons (Fsp3) is 0.333. The quantitative estimate of drug-likeness (QED) is 0.757. The zero-order chi connectivity index (χ0) is 12.0. The number of aryl methyl sites for hydroxylation is 1. The van der Waals surface area contributed by atoms with E-state index in [1.165, 1.54) is 25.3 Å². The van der Waals surface area contributed by atoms with Crippen molar-refractivity contribution >= 4 is 0 Å². The molecule has 0 spiro atoms. The maximum absolute atomic E-state index is 13.0. The molecule has 0 atom stereocenters. The van der Waals surface area contributed by atoms with Crippen molar-refractivity contribution in [1.29, 1.82) is 0 Å². The Hall–Kier alpha value is -1.55. The van der Waals surface area contributed by atoms with Gasteiger partial charge in [-0.25, -0.2) is 4.39 Å². The Bertz CT molecular complexity index is 375. The normalized spacial score (nSPS) is 11.6. The maximum atomic E-state index is 13.0. The van der Waals surface area contributed by atoms with Crippen LogP contribution in [0.4, 0.5) is 4.39 Å². The van der Waals surface area contributed by atoms with Crippen LogP contribution >= 0.6 is 0 Å². The van der Waals surface area contributed by atoms with Crippen molar-refractivity contribution in [2.75, 3.05) is 13.7 Å². The van der Waals surface area contributed by atoms with Gasteiger partial charge in [-0.05, 0) is 42.7 Å². The summed E-state index contributed by atoms with van der Waals surface area (Å²) >= 11 is 0. The fourth-order valence-corrected chi connectivity index (χ4v) is 1.40. The lowest BCUT2D eigenvalue weighted by molar-refractivity contribution is 0.252. The molecule has 0 unspecified atom stereocenters. The third kappa shape index (κ3) is 3.55. The van der Waals surface area contributed by atoms with Crippen LogP contribution in [0.5, 0.6) is 5.75 Å². The van der Waals surface area contributed by atoms with E-state index >= 15 is 0 Å². The van der Waals surface area contributed by atoms with E-state index in [0.29, 0.717) is 18.6 Å². The lowest BCUT2D eigenvalue weighted by Crippen LogP contribution is -1.94. The van der Waals surface area contributed by atoms with E-state index in [9.17, 15) is 4.39 Å². The Morgan fingerprint density at radius 2 is 2.25 bits per heavy atom. The highest BCUT2D eigenvalue weighted by atomic mass is 19.1. The molecule has 0 bridgehead atoms. The molecule has 2 N–H and O–H groups in total. The summed E-state index contributed by atoms with van der Waals surface area (Å²) < 4.78 is 18.1. The molecule has 0 radical (unpaired) electrons. The highest BCUT2D eigenvalue weighted by Gasteiger charge is 2.03. The molecule has 1 rings (SSSR count). The third-order valence-corrected chi connectivity index (χ3v) is 2.20. The number of hydrogen-bond acceptors (Lipinski definition) is 3. The number of hydrogen-bond donors (Lipinski definition) is 2. The van der Waals surface area contributed by atoms with E-state index in [-0.39, 0.29) is 18.2 Å². The number of rotatable bonds is 5. The molecule has 3 nitrogen and oxygen atoms in total. The molecule has 88 valence electrons. The zero-order valence-corrected chi connectivity index (χ0v) is 9.11. The second kappa shape index (κ2) is 6.12. The summed E-state index contributed by atoms with van der Waals surface area (Å²) in [5, 5.41) is 17.6. The number of ether oxygens (including phenoxy) is 1. The first kappa shape index (κ1) is 12.5. The van der Waals surface area contributed by atoms with Gasteiger partial charge in [-0.2, -0.15) is 0 Å². The van der Waals surface area contributed by atoms with Gasteiger partial charge < -0.3 is 14.9 Å². The molecular formula is C12H15FO3. The number of methoxy groups -OCH3 is 1. The first-order valence-electron chi connectivity index (χ1n) is 4.98. The summed E-state index contributed by atoms with van der Waals surface area (Å²) in [4.78, 5) is 0. The first-order chi connectivity index (χ1) is 7.67. The molecule has 0 saturated heterocycles. The smallest absolute Gasteiger partial charge is 0.123 e. The summed E-state index contributed by atoms with van der Waals surface area (Å²) in [6, 6.07) is 4.31. The summed E-state index contributed by atoms with van der Waals surface area (Å²) in [5.74, 6) is 0.236. The van der Waals surface area contributed by atoms with E-state index < -0.39 is 0 Å². The predicted molar refractivity (Wildman–Crippen MR) is 59.1 cm³/mol. The molecule has 0 aliphatic carbocycles. The van der Waals surface area contributed by atoms with Crippen molar-refractivity contribution in [2.45, 2.75) is 12.8 Å². The SMILES string of the molecule is COc1ccc(F)cc1CC/C=C(/O)CO. The lowest BCUT2D eigenvalue weighted by atomic mass is 10.1. The second-order valence-corrected chi connectivity index (χ2v) is 3.35. The van der Waals surface area contributed by atoms with Gasteiger partial charge in [0.1, 0.15) is 17.3 Å². The van der Waals surface area contributed by atoms with Crippen LogP contribution in [-0.2, 0) is 6.42 Å². The molecule has 0 fully saturated rings. The van der Waals surface area contributed by atoms with Crippen molar-refractivity contribution in [1.82, 2.24) is 0 Å². The van der Waals surface area contributed by atoms with Crippen molar-refractivity contribution in [3.05, 3.63) is 41.4 Å². The second-order valence-electron chi connectivity index (χ2n) is 3.35. The van der Waals surface area contributed by atoms with E-state index in [0.717, 1.165) is 5.56 Å². The molecule has 0 aromatic heterocycles. The first-order valence-corrected chi connectivity index (χ1v) is 4.98. The van der Waals surface area contributed by atoms with Crippen LogP contribution < -0.4 is 4.74 Å². The Kier molecular flexibility index (Phi) is 4.79. The molecule has 0 saturated carbocycles. The minimum Gasteiger partial charge on any atom is -0.510 e. The van der Waals surface area contributed by atoms with Crippen LogP contribution in [0, 0.1) is 5.82 Å². The Morgan fingerprint density at radius 1 is 1.50 bits per heavy atom. The summed E-state index contributed by atoms with van der Waals surface area (Å²) in [5.41, 5.74) is 0.740. The number of aliphatic hydroxyl groups excluding tert-OH is 2. The largest absolute Gasteiger partial charge is 0.510 e. The fourth-order valence-electron chi connectivity index (χ4n) is 1.40. The average molecular weight is 226 g/mol. The third-order valence-electron chi connectivity index (χ3n) is 2.20. The highest BCUT2D eigenvalue weighted by molar-refractivity contribution is 5.34. The van der Waals surface area contributed by atoms with Crippen LogP contribution in [0.15, 0.2) is 30.0 Å². The molecule has 0 aliphatic rings. The van der Waals surface area contributed by atoms with Gasteiger partial charge in [0.05, 0.1) is 13.7 Å². The van der Waals surface area contributed by atoms with Gasteiger partial charge in [0.25, 0.3) is 0 Å². The van der Waals surface area contributed by atoms with Crippen LogP contribution in [-0.4, -0.2) is 23.9 Å². The molecule has 16 heavy (non-hydrogen) atoms. The van der Waals surface area contributed by atoms with Gasteiger partial charge in [-0.3, -0.25) is 0 Å². The number of allylic oxidation sites excluding steroid dienone is 1. The molecule has 0 heterocycles. The minimum atomic E-state index is -0.375. The van der Waals surface area contributed by atoms with Gasteiger partial charge >= 0.3 is 0 Å². The topological polar surface area (TPSA) is 49.7 Å². The van der Waals surface area contributed by atoms with Crippen molar-refractivity contribution < 1.29 is 19.3 Å². The number of halogens is 1. The minimum absolute atomic E-state index is 0.0737. The van der Waals surface area contributed by atoms with Gasteiger partial charge in [0.2, 0.25) is 0 Å². The number of benzene rings is 1. The average Bonchev–Trinajstić information content (AvgIpc) is 2.29. The van der Waals surface area contributed by atoms with Crippen molar-refractivity contribution in [3.8, 4) is 5.75 Å². The van der Waals surface area contributed by atoms with E-state index in [2.05, 4.69) is 0 Å². The summed E-state index contributed by atoms with van der Waals surface area (Å²) in [6.07, 6.45) is 2.57. The van der Waals surface area contributed by atoms with Crippen molar-refractivity contribution in [2.24, 2.45) is 0 Å². The van der Waals surface area contributed by atoms with E-state index in [4.69, 9.17) is 14.9 Å². The molecule has 0 aliphatic heterocycles. The zero-order valence-electron chi connectivity index (χ0n) is 9.11. The number of aliphatic hydroxyl groups is 2. The molecule has 1 aromatic carbocycles. The molecular weight excluding hydrogens is 211 g/mol. The summed E-state index contributed by atoms with van der Waals surface area (Å²) in [7, 11) is 1.53. The monoisotopic (exact) mass is 226 g/mol. The molecule has 1 aromatic rings. The molecule has 0 amide bonds. The van der Waals surface area contributed by atoms with E-state index in [1.54, 1.807) is 6.07 Å². The lowest BCUT2D eigenvalue weighted by Gasteiger charge is -2.07. The Labute approximate surface area is 93.8 Å². The van der Waals surface area contributed by atoms with Crippen molar-refractivity contribution in [3.63, 3.8) is 0 Å². The summed E-state index contributed by atoms with van der Waals surface area (Å²) in [6.45, 7) is -0.375. The van der Waals surface area contributed by atoms with Gasteiger partial charge in [0, 0.05) is 0 Å². The highest BCUT2D eigenvalue weighted by Crippen LogP contribution is 2.20. The predicted octanol–water partition coefficient (Wildman–Crippen LogP) is 2.20. The maximum Gasteiger partial charge on any atom is 0.123 e. The van der Waals surface area contributed by atoms with Crippen LogP contribution in [0.25, 0.3) is 0 Å². The molecule has 4 heteroatoms. The standard InChI is InChI=1S/C12H15FO3/c1-16-12-6-5-10(13)7-9(12)3-2-4-11(15)8-14/h4-7,14-15H,2-3,8H2,1H3/b11-4+. The van der Waals surface area contributed by atoms with Crippen LogP contribution in [0.2, 0.25) is 0 Å². The van der Waals surface area contributed by atoms with Crippen LogP contribution in [0.1, 0.15) is 12.0 Å². The Balaban J connectivity index is 2.69. The van der Waals surface area contributed by atoms with E-state index in [1.807, 2.05) is 0 Å². The van der Waals surface area contributed by atoms with Gasteiger partial charge in [0.15, 0.2) is 0 Å². The van der Waals surface area contributed by atoms with Crippen LogP contribution in [0.3, 0.4) is 0 Å². The van der Waals surface area contributed by atoms with Gasteiger partial charge in [-0.1, -0.05) is 0 Å².